The first-order chi connectivity index (χ1) is 9.88. The number of halogens is 2. The van der Waals surface area contributed by atoms with Crippen LogP contribution in [0.1, 0.15) is 15.5 Å². The standard InChI is InChI=1S/C11H6Cl2N2O5S/c12-7-1-6(15(18)19)2-8(13)9(7)20-3-5-4-21-10(14-5)11(16)17/h1-2,4H,3H2,(H,16,17). The van der Waals surface area contributed by atoms with Gasteiger partial charge in [-0.2, -0.15) is 0 Å². The van der Waals surface area contributed by atoms with Crippen molar-refractivity contribution in [2.24, 2.45) is 0 Å². The predicted molar refractivity (Wildman–Crippen MR) is 76.5 cm³/mol. The Morgan fingerprint density at radius 3 is 2.52 bits per heavy atom. The van der Waals surface area contributed by atoms with Crippen LogP contribution in [0.5, 0.6) is 5.75 Å². The van der Waals surface area contributed by atoms with Crippen LogP contribution in [0, 0.1) is 10.1 Å². The van der Waals surface area contributed by atoms with Crippen LogP contribution in [0.3, 0.4) is 0 Å². The Morgan fingerprint density at radius 1 is 1.43 bits per heavy atom. The van der Waals surface area contributed by atoms with Crippen LogP contribution in [0.4, 0.5) is 5.69 Å². The van der Waals surface area contributed by atoms with Crippen LogP contribution >= 0.6 is 34.5 Å². The number of non-ortho nitro benzene ring substituents is 1. The van der Waals surface area contributed by atoms with Crippen molar-refractivity contribution in [1.82, 2.24) is 4.98 Å². The fraction of sp³-hybridized carbons (Fsp3) is 0.0909. The molecule has 0 saturated carbocycles. The van der Waals surface area contributed by atoms with E-state index in [0.29, 0.717) is 5.69 Å². The molecule has 0 spiro atoms. The number of aromatic carboxylic acids is 1. The number of aromatic nitrogens is 1. The Bertz CT molecular complexity index is 695. The van der Waals surface area contributed by atoms with E-state index in [1.165, 1.54) is 5.38 Å². The molecule has 0 bridgehead atoms. The average molecular weight is 349 g/mol. The van der Waals surface area contributed by atoms with Gasteiger partial charge in [0.25, 0.3) is 5.69 Å². The Hall–Kier alpha value is -1.90. The maximum absolute atomic E-state index is 10.7. The van der Waals surface area contributed by atoms with E-state index in [9.17, 15) is 14.9 Å². The summed E-state index contributed by atoms with van der Waals surface area (Å²) in [5.41, 5.74) is 0.141. The molecule has 0 aliphatic heterocycles. The summed E-state index contributed by atoms with van der Waals surface area (Å²) in [7, 11) is 0. The number of nitrogens with zero attached hydrogens (tertiary/aromatic N) is 2. The molecule has 21 heavy (non-hydrogen) atoms. The number of carboxylic acid groups (broad SMARTS) is 1. The van der Waals surface area contributed by atoms with Crippen LogP contribution in [-0.4, -0.2) is 21.0 Å². The van der Waals surface area contributed by atoms with Crippen molar-refractivity contribution in [3.63, 3.8) is 0 Å². The van der Waals surface area contributed by atoms with Gasteiger partial charge in [-0.1, -0.05) is 23.2 Å². The van der Waals surface area contributed by atoms with Gasteiger partial charge in [0.15, 0.2) is 5.75 Å². The number of benzene rings is 1. The third kappa shape index (κ3) is 3.60. The SMILES string of the molecule is O=C(O)c1nc(COc2c(Cl)cc([N+](=O)[O-])cc2Cl)cs1. The molecule has 1 aromatic heterocycles. The molecule has 1 aromatic carbocycles. The van der Waals surface area contributed by atoms with Gasteiger partial charge in [-0.3, -0.25) is 10.1 Å². The molecule has 0 aliphatic carbocycles. The van der Waals surface area contributed by atoms with E-state index in [1.807, 2.05) is 0 Å². The quantitative estimate of drug-likeness (QED) is 0.653. The summed E-state index contributed by atoms with van der Waals surface area (Å²) in [6.45, 7) is -0.0545. The van der Waals surface area contributed by atoms with Crippen LogP contribution in [0.2, 0.25) is 10.0 Å². The third-order valence-corrected chi connectivity index (χ3v) is 3.73. The second-order valence-corrected chi connectivity index (χ2v) is 5.41. The van der Waals surface area contributed by atoms with Crippen LogP contribution in [-0.2, 0) is 6.61 Å². The normalized spacial score (nSPS) is 10.4. The summed E-state index contributed by atoms with van der Waals surface area (Å²) in [6.07, 6.45) is 0. The molecular formula is C11H6Cl2N2O5S. The van der Waals surface area contributed by atoms with Crippen molar-refractivity contribution in [3.8, 4) is 5.75 Å². The van der Waals surface area contributed by atoms with Crippen molar-refractivity contribution in [2.75, 3.05) is 0 Å². The molecule has 110 valence electrons. The minimum absolute atomic E-state index is 0.0112. The molecule has 0 unspecified atom stereocenters. The highest BCUT2D eigenvalue weighted by molar-refractivity contribution is 7.11. The molecule has 2 aromatic rings. The van der Waals surface area contributed by atoms with Crippen LogP contribution in [0.15, 0.2) is 17.5 Å². The van der Waals surface area contributed by atoms with Crippen LogP contribution < -0.4 is 4.74 Å². The molecule has 10 heteroatoms. The van der Waals surface area contributed by atoms with E-state index in [2.05, 4.69) is 4.98 Å². The van der Waals surface area contributed by atoms with Gasteiger partial charge in [0.1, 0.15) is 6.61 Å². The van der Waals surface area contributed by atoms with E-state index in [-0.39, 0.29) is 33.1 Å². The van der Waals surface area contributed by atoms with Gasteiger partial charge < -0.3 is 9.84 Å². The molecule has 0 amide bonds. The maximum atomic E-state index is 10.7. The number of nitro groups is 1. The molecule has 0 aliphatic rings. The molecule has 1 heterocycles. The molecule has 0 fully saturated rings. The first-order valence-electron chi connectivity index (χ1n) is 5.32. The number of ether oxygens (including phenoxy) is 1. The monoisotopic (exact) mass is 348 g/mol. The number of carboxylic acids is 1. The van der Waals surface area contributed by atoms with E-state index in [1.54, 1.807) is 0 Å². The third-order valence-electron chi connectivity index (χ3n) is 2.29. The Morgan fingerprint density at radius 2 is 2.05 bits per heavy atom. The molecule has 2 rings (SSSR count). The fourth-order valence-electron chi connectivity index (χ4n) is 1.41. The number of hydrogen-bond acceptors (Lipinski definition) is 6. The smallest absolute Gasteiger partial charge is 0.365 e. The van der Waals surface area contributed by atoms with Crippen molar-refractivity contribution in [2.45, 2.75) is 6.61 Å². The van der Waals surface area contributed by atoms with Gasteiger partial charge in [0, 0.05) is 17.5 Å². The van der Waals surface area contributed by atoms with E-state index in [4.69, 9.17) is 33.0 Å². The zero-order valence-corrected chi connectivity index (χ0v) is 12.4. The van der Waals surface area contributed by atoms with Gasteiger partial charge in [0.05, 0.1) is 20.7 Å². The predicted octanol–water partition coefficient (Wildman–Crippen LogP) is 3.64. The highest BCUT2D eigenvalue weighted by atomic mass is 35.5. The minimum Gasteiger partial charge on any atom is -0.484 e. The van der Waals surface area contributed by atoms with Crippen molar-refractivity contribution < 1.29 is 19.6 Å². The molecule has 0 atom stereocenters. The maximum Gasteiger partial charge on any atom is 0.365 e. The lowest BCUT2D eigenvalue weighted by Gasteiger charge is -2.08. The van der Waals surface area contributed by atoms with Crippen LogP contribution in [0.25, 0.3) is 0 Å². The van der Waals surface area contributed by atoms with Crippen molar-refractivity contribution in [3.05, 3.63) is 48.4 Å². The summed E-state index contributed by atoms with van der Waals surface area (Å²) in [6, 6.07) is 2.24. The van der Waals surface area contributed by atoms with Gasteiger partial charge in [-0.15, -0.1) is 11.3 Å². The number of rotatable bonds is 5. The van der Waals surface area contributed by atoms with Gasteiger partial charge >= 0.3 is 5.97 Å². The highest BCUT2D eigenvalue weighted by Crippen LogP contribution is 2.37. The average Bonchev–Trinajstić information content (AvgIpc) is 2.86. The number of thiazole rings is 1. The molecule has 0 saturated heterocycles. The number of carbonyl (C=O) groups is 1. The lowest BCUT2D eigenvalue weighted by Crippen LogP contribution is -2.00. The van der Waals surface area contributed by atoms with E-state index < -0.39 is 10.9 Å². The van der Waals surface area contributed by atoms with Crippen molar-refractivity contribution in [1.29, 1.82) is 0 Å². The number of hydrogen-bond donors (Lipinski definition) is 1. The fourth-order valence-corrected chi connectivity index (χ4v) is 2.63. The summed E-state index contributed by atoms with van der Waals surface area (Å²) >= 11 is 12.7. The van der Waals surface area contributed by atoms with Gasteiger partial charge in [-0.25, -0.2) is 9.78 Å². The van der Waals surface area contributed by atoms with E-state index in [0.717, 1.165) is 23.5 Å². The Balaban J connectivity index is 2.16. The van der Waals surface area contributed by atoms with Gasteiger partial charge in [-0.05, 0) is 0 Å². The van der Waals surface area contributed by atoms with E-state index >= 15 is 0 Å². The second-order valence-electron chi connectivity index (χ2n) is 3.73. The molecular weight excluding hydrogens is 343 g/mol. The summed E-state index contributed by atoms with van der Waals surface area (Å²) in [5, 5.41) is 20.8. The molecule has 7 nitrogen and oxygen atoms in total. The molecule has 1 N–H and O–H groups in total. The Kier molecular flexibility index (Phi) is 4.61. The van der Waals surface area contributed by atoms with Gasteiger partial charge in [0.2, 0.25) is 5.01 Å². The topological polar surface area (TPSA) is 103 Å². The largest absolute Gasteiger partial charge is 0.484 e. The zero-order chi connectivity index (χ0) is 15.6. The zero-order valence-electron chi connectivity index (χ0n) is 10.1. The first kappa shape index (κ1) is 15.5. The molecule has 0 radical (unpaired) electrons. The summed E-state index contributed by atoms with van der Waals surface area (Å²) in [5.74, 6) is -1.05. The lowest BCUT2D eigenvalue weighted by atomic mass is 10.3. The van der Waals surface area contributed by atoms with Crippen molar-refractivity contribution >= 4 is 46.2 Å². The minimum atomic E-state index is -1.13. The Labute approximate surface area is 131 Å². The number of nitro benzene ring substituents is 1. The summed E-state index contributed by atoms with van der Waals surface area (Å²) < 4.78 is 5.35. The first-order valence-corrected chi connectivity index (χ1v) is 6.96. The highest BCUT2D eigenvalue weighted by Gasteiger charge is 2.16. The summed E-state index contributed by atoms with van der Waals surface area (Å²) in [4.78, 5) is 24.6. The second kappa shape index (κ2) is 6.25. The lowest BCUT2D eigenvalue weighted by molar-refractivity contribution is -0.384.